The monoisotopic (exact) mass is 262 g/mol. The van der Waals surface area contributed by atoms with Crippen LogP contribution in [0.25, 0.3) is 0 Å². The lowest BCUT2D eigenvalue weighted by molar-refractivity contribution is -0.143. The van der Waals surface area contributed by atoms with Gasteiger partial charge in [-0.05, 0) is 18.1 Å². The number of rotatable bonds is 6. The van der Waals surface area contributed by atoms with Gasteiger partial charge in [0.25, 0.3) is 0 Å². The minimum Gasteiger partial charge on any atom is -0.481 e. The van der Waals surface area contributed by atoms with Crippen molar-refractivity contribution < 1.29 is 24.2 Å². The molecule has 0 bridgehead atoms. The van der Waals surface area contributed by atoms with E-state index < -0.39 is 32.6 Å². The first-order valence-electron chi connectivity index (χ1n) is 5.54. The van der Waals surface area contributed by atoms with Gasteiger partial charge >= 0.3 is 5.97 Å². The van der Waals surface area contributed by atoms with E-state index in [-0.39, 0.29) is 11.6 Å². The number of Topliss-reactive ketones (excluding diaryl/α,β-unsaturated/α-hetero) is 1. The Bertz CT molecular complexity index is 293. The molecular weight excluding hydrogens is 240 g/mol. The van der Waals surface area contributed by atoms with Crippen LogP contribution >= 0.6 is 0 Å². The Morgan fingerprint density at radius 3 is 2.12 bits per heavy atom. The lowest BCUT2D eigenvalue weighted by Gasteiger charge is -2.36. The van der Waals surface area contributed by atoms with Gasteiger partial charge in [-0.3, -0.25) is 9.59 Å². The van der Waals surface area contributed by atoms with Crippen LogP contribution in [0.2, 0.25) is 18.1 Å². The molecule has 17 heavy (non-hydrogen) atoms. The predicted molar refractivity (Wildman–Crippen MR) is 66.4 cm³/mol. The Morgan fingerprint density at radius 1 is 1.29 bits per heavy atom. The normalized spacial score (nSPS) is 14.5. The maximum Gasteiger partial charge on any atom is 0.310 e. The highest BCUT2D eigenvalue weighted by molar-refractivity contribution is 6.74. The number of aliphatic hydroxyl groups excluding tert-OH is 1. The van der Waals surface area contributed by atoms with Gasteiger partial charge in [0.15, 0.2) is 14.1 Å². The third kappa shape index (κ3) is 5.43. The summed E-state index contributed by atoms with van der Waals surface area (Å²) < 4.78 is 5.63. The number of carboxylic acid groups (broad SMARTS) is 1. The van der Waals surface area contributed by atoms with Crippen molar-refractivity contribution in [3.05, 3.63) is 0 Å². The van der Waals surface area contributed by atoms with Crippen LogP contribution in [0.5, 0.6) is 0 Å². The number of carbonyl (C=O) groups is 2. The van der Waals surface area contributed by atoms with Crippen LogP contribution in [0.4, 0.5) is 0 Å². The molecule has 6 heteroatoms. The molecule has 1 unspecified atom stereocenters. The second-order valence-corrected chi connectivity index (χ2v) is 10.4. The third-order valence-corrected chi connectivity index (χ3v) is 7.61. The number of aliphatic hydroxyl groups is 1. The minimum atomic E-state index is -2.01. The molecule has 0 saturated heterocycles. The van der Waals surface area contributed by atoms with Gasteiger partial charge in [-0.1, -0.05) is 20.8 Å². The maximum absolute atomic E-state index is 11.2. The smallest absolute Gasteiger partial charge is 0.310 e. The van der Waals surface area contributed by atoms with E-state index in [0.717, 1.165) is 0 Å². The SMILES string of the molecule is CC(C)(C)[Si](C)(C)OCC(O)C(=O)CC(=O)O. The Morgan fingerprint density at radius 2 is 1.76 bits per heavy atom. The lowest BCUT2D eigenvalue weighted by Crippen LogP contribution is -2.43. The standard InChI is InChI=1S/C11H22O5Si/c1-11(2,3)17(4,5)16-7-9(13)8(12)6-10(14)15/h9,13H,6-7H2,1-5H3,(H,14,15). The summed E-state index contributed by atoms with van der Waals surface area (Å²) in [5, 5.41) is 17.9. The Labute approximate surface area is 103 Å². The molecule has 0 fully saturated rings. The van der Waals surface area contributed by atoms with E-state index in [2.05, 4.69) is 0 Å². The molecule has 0 aromatic heterocycles. The van der Waals surface area contributed by atoms with Crippen molar-refractivity contribution in [3.63, 3.8) is 0 Å². The van der Waals surface area contributed by atoms with Gasteiger partial charge in [-0.2, -0.15) is 0 Å². The van der Waals surface area contributed by atoms with E-state index in [9.17, 15) is 14.7 Å². The molecule has 0 radical (unpaired) electrons. The van der Waals surface area contributed by atoms with Crippen molar-refractivity contribution in [2.45, 2.75) is 51.4 Å². The second kappa shape index (κ2) is 5.75. The molecule has 0 heterocycles. The van der Waals surface area contributed by atoms with Crippen LogP contribution in [0.3, 0.4) is 0 Å². The molecule has 0 aliphatic heterocycles. The molecule has 0 saturated carbocycles. The van der Waals surface area contributed by atoms with E-state index in [1.54, 1.807) is 0 Å². The van der Waals surface area contributed by atoms with E-state index in [0.29, 0.717) is 0 Å². The first kappa shape index (κ1) is 16.3. The summed E-state index contributed by atoms with van der Waals surface area (Å²) in [6, 6.07) is 0. The average Bonchev–Trinajstić information content (AvgIpc) is 2.11. The molecule has 0 aromatic rings. The highest BCUT2D eigenvalue weighted by Gasteiger charge is 2.38. The Balaban J connectivity index is 4.29. The summed E-state index contributed by atoms with van der Waals surface area (Å²) >= 11 is 0. The third-order valence-electron chi connectivity index (χ3n) is 3.11. The van der Waals surface area contributed by atoms with Crippen LogP contribution in [0.15, 0.2) is 0 Å². The van der Waals surface area contributed by atoms with Gasteiger partial charge in [0.1, 0.15) is 12.5 Å². The van der Waals surface area contributed by atoms with Crippen molar-refractivity contribution in [3.8, 4) is 0 Å². The van der Waals surface area contributed by atoms with Crippen molar-refractivity contribution >= 4 is 20.1 Å². The summed E-state index contributed by atoms with van der Waals surface area (Å²) in [6.07, 6.45) is -2.01. The Hall–Kier alpha value is -0.723. The highest BCUT2D eigenvalue weighted by Crippen LogP contribution is 2.36. The summed E-state index contributed by atoms with van der Waals surface area (Å²) in [7, 11) is -2.01. The summed E-state index contributed by atoms with van der Waals surface area (Å²) in [5.41, 5.74) is 0. The van der Waals surface area contributed by atoms with Crippen LogP contribution in [-0.2, 0) is 14.0 Å². The molecule has 0 amide bonds. The molecule has 0 aliphatic carbocycles. The van der Waals surface area contributed by atoms with Crippen LogP contribution in [0, 0.1) is 0 Å². The number of hydrogen-bond acceptors (Lipinski definition) is 4. The zero-order valence-corrected chi connectivity index (χ0v) is 12.1. The molecule has 0 aromatic carbocycles. The van der Waals surface area contributed by atoms with E-state index >= 15 is 0 Å². The Kier molecular flexibility index (Phi) is 5.50. The summed E-state index contributed by atoms with van der Waals surface area (Å²) in [5.74, 6) is -1.95. The molecular formula is C11H22O5Si. The number of ketones is 1. The quantitative estimate of drug-likeness (QED) is 0.558. The summed E-state index contributed by atoms with van der Waals surface area (Å²) in [4.78, 5) is 21.5. The molecule has 100 valence electrons. The largest absolute Gasteiger partial charge is 0.481 e. The second-order valence-electron chi connectivity index (χ2n) is 5.62. The van der Waals surface area contributed by atoms with Gasteiger partial charge in [0.2, 0.25) is 0 Å². The van der Waals surface area contributed by atoms with Gasteiger partial charge in [-0.15, -0.1) is 0 Å². The van der Waals surface area contributed by atoms with Crippen LogP contribution in [-0.4, -0.2) is 43.0 Å². The molecule has 0 rings (SSSR count). The zero-order chi connectivity index (χ0) is 13.9. The highest BCUT2D eigenvalue weighted by atomic mass is 28.4. The fraction of sp³-hybridized carbons (Fsp3) is 0.818. The van der Waals surface area contributed by atoms with E-state index in [1.807, 2.05) is 33.9 Å². The predicted octanol–water partition coefficient (Wildman–Crippen LogP) is 1.41. The van der Waals surface area contributed by atoms with Gasteiger partial charge < -0.3 is 14.6 Å². The fourth-order valence-electron chi connectivity index (χ4n) is 0.864. The van der Waals surface area contributed by atoms with Gasteiger partial charge in [0, 0.05) is 0 Å². The number of hydrogen-bond donors (Lipinski definition) is 2. The molecule has 5 nitrogen and oxygen atoms in total. The topological polar surface area (TPSA) is 83.8 Å². The summed E-state index contributed by atoms with van der Waals surface area (Å²) in [6.45, 7) is 10.0. The van der Waals surface area contributed by atoms with Crippen molar-refractivity contribution in [1.29, 1.82) is 0 Å². The van der Waals surface area contributed by atoms with E-state index in [4.69, 9.17) is 9.53 Å². The van der Waals surface area contributed by atoms with E-state index in [1.165, 1.54) is 0 Å². The first-order chi connectivity index (χ1) is 7.47. The molecule has 1 atom stereocenters. The van der Waals surface area contributed by atoms with Gasteiger partial charge in [0.05, 0.1) is 6.61 Å². The van der Waals surface area contributed by atoms with Crippen molar-refractivity contribution in [1.82, 2.24) is 0 Å². The number of aliphatic carboxylic acids is 1. The molecule has 2 N–H and O–H groups in total. The lowest BCUT2D eigenvalue weighted by atomic mass is 10.2. The van der Waals surface area contributed by atoms with Gasteiger partial charge in [-0.25, -0.2) is 0 Å². The fourth-order valence-corrected chi connectivity index (χ4v) is 1.87. The average molecular weight is 262 g/mol. The van der Waals surface area contributed by atoms with Crippen LogP contribution in [0.1, 0.15) is 27.2 Å². The molecule has 0 spiro atoms. The first-order valence-corrected chi connectivity index (χ1v) is 8.45. The maximum atomic E-state index is 11.2. The zero-order valence-electron chi connectivity index (χ0n) is 11.1. The molecule has 0 aliphatic rings. The van der Waals surface area contributed by atoms with Crippen molar-refractivity contribution in [2.24, 2.45) is 0 Å². The minimum absolute atomic E-state index is 0.0113. The van der Waals surface area contributed by atoms with Crippen LogP contribution < -0.4 is 0 Å². The van der Waals surface area contributed by atoms with Crippen molar-refractivity contribution in [2.75, 3.05) is 6.61 Å². The number of carboxylic acids is 1. The number of carbonyl (C=O) groups excluding carboxylic acids is 1.